The number of nitrogens with zero attached hydrogens (tertiary/aromatic N) is 1. The molecule has 0 bridgehead atoms. The van der Waals surface area contributed by atoms with Crippen LogP contribution in [0.4, 0.5) is 4.79 Å². The molecule has 0 saturated carbocycles. The van der Waals surface area contributed by atoms with Crippen molar-refractivity contribution in [3.8, 4) is 0 Å². The van der Waals surface area contributed by atoms with Crippen LogP contribution in [0.15, 0.2) is 0 Å². The second-order valence-electron chi connectivity index (χ2n) is 4.69. The van der Waals surface area contributed by atoms with Crippen LogP contribution in [0.2, 0.25) is 0 Å². The predicted octanol–water partition coefficient (Wildman–Crippen LogP) is 0.986. The summed E-state index contributed by atoms with van der Waals surface area (Å²) in [6.45, 7) is 5.59. The number of nitrogens with one attached hydrogen (secondary N) is 1. The third kappa shape index (κ3) is 3.57. The average molecular weight is 242 g/mol. The van der Waals surface area contributed by atoms with E-state index >= 15 is 0 Å². The molecule has 1 unspecified atom stereocenters. The summed E-state index contributed by atoms with van der Waals surface area (Å²) in [4.78, 5) is 13.3. The number of hydrogen-bond donors (Lipinski definition) is 1. The van der Waals surface area contributed by atoms with Crippen molar-refractivity contribution in [1.82, 2.24) is 10.2 Å². The fourth-order valence-electron chi connectivity index (χ4n) is 2.44. The standard InChI is InChI=1S/C12H22N2O3/c1-2-17-12(15)14-6-3-10(4-7-14)13-11-5-8-16-9-11/h10-11,13H,2-9H2,1H3. The number of piperidine rings is 1. The van der Waals surface area contributed by atoms with E-state index in [4.69, 9.17) is 9.47 Å². The van der Waals surface area contributed by atoms with Gasteiger partial charge in [-0.05, 0) is 26.2 Å². The van der Waals surface area contributed by atoms with Gasteiger partial charge in [0.25, 0.3) is 0 Å². The third-order valence-corrected chi connectivity index (χ3v) is 3.42. The van der Waals surface area contributed by atoms with Gasteiger partial charge in [0.05, 0.1) is 13.2 Å². The molecule has 5 nitrogen and oxygen atoms in total. The van der Waals surface area contributed by atoms with Crippen LogP contribution in [0.5, 0.6) is 0 Å². The Balaban J connectivity index is 1.68. The maximum Gasteiger partial charge on any atom is 0.409 e. The molecule has 2 aliphatic heterocycles. The van der Waals surface area contributed by atoms with Crippen molar-refractivity contribution in [3.05, 3.63) is 0 Å². The van der Waals surface area contributed by atoms with Crippen LogP contribution < -0.4 is 5.32 Å². The highest BCUT2D eigenvalue weighted by molar-refractivity contribution is 5.67. The molecule has 0 aliphatic carbocycles. The van der Waals surface area contributed by atoms with Gasteiger partial charge in [0, 0.05) is 31.8 Å². The number of ether oxygens (including phenoxy) is 2. The fourth-order valence-corrected chi connectivity index (χ4v) is 2.44. The molecule has 1 amide bonds. The van der Waals surface area contributed by atoms with Gasteiger partial charge in [-0.3, -0.25) is 0 Å². The van der Waals surface area contributed by atoms with Gasteiger partial charge in [-0.25, -0.2) is 4.79 Å². The summed E-state index contributed by atoms with van der Waals surface area (Å²) < 4.78 is 10.3. The van der Waals surface area contributed by atoms with E-state index in [1.165, 1.54) is 0 Å². The van der Waals surface area contributed by atoms with E-state index < -0.39 is 0 Å². The van der Waals surface area contributed by atoms with Crippen molar-refractivity contribution >= 4 is 6.09 Å². The molecule has 0 spiro atoms. The summed E-state index contributed by atoms with van der Waals surface area (Å²) in [5.41, 5.74) is 0. The topological polar surface area (TPSA) is 50.8 Å². The van der Waals surface area contributed by atoms with Gasteiger partial charge in [-0.15, -0.1) is 0 Å². The summed E-state index contributed by atoms with van der Waals surface area (Å²) in [5.74, 6) is 0. The number of hydrogen-bond acceptors (Lipinski definition) is 4. The van der Waals surface area contributed by atoms with Crippen LogP contribution in [0.25, 0.3) is 0 Å². The Morgan fingerprint density at radius 1 is 1.35 bits per heavy atom. The average Bonchev–Trinajstić information content (AvgIpc) is 2.83. The van der Waals surface area contributed by atoms with Crippen molar-refractivity contribution in [2.45, 2.75) is 38.3 Å². The molecule has 17 heavy (non-hydrogen) atoms. The van der Waals surface area contributed by atoms with Crippen molar-refractivity contribution in [2.75, 3.05) is 32.9 Å². The number of carbonyl (C=O) groups is 1. The zero-order chi connectivity index (χ0) is 12.1. The van der Waals surface area contributed by atoms with Crippen LogP contribution in [-0.2, 0) is 9.47 Å². The number of amides is 1. The van der Waals surface area contributed by atoms with E-state index in [1.807, 2.05) is 6.92 Å². The van der Waals surface area contributed by atoms with Gasteiger partial charge in [0.1, 0.15) is 0 Å². The molecule has 0 aromatic heterocycles. The Morgan fingerprint density at radius 3 is 2.71 bits per heavy atom. The molecule has 5 heteroatoms. The van der Waals surface area contributed by atoms with E-state index in [0.29, 0.717) is 18.7 Å². The van der Waals surface area contributed by atoms with Gasteiger partial charge < -0.3 is 19.7 Å². The molecule has 0 radical (unpaired) electrons. The van der Waals surface area contributed by atoms with Crippen molar-refractivity contribution in [3.63, 3.8) is 0 Å². The molecule has 1 atom stereocenters. The van der Waals surface area contributed by atoms with Crippen LogP contribution in [0, 0.1) is 0 Å². The zero-order valence-corrected chi connectivity index (χ0v) is 10.5. The van der Waals surface area contributed by atoms with Crippen LogP contribution in [0.3, 0.4) is 0 Å². The normalized spacial score (nSPS) is 26.2. The Morgan fingerprint density at radius 2 is 2.12 bits per heavy atom. The van der Waals surface area contributed by atoms with Crippen LogP contribution >= 0.6 is 0 Å². The van der Waals surface area contributed by atoms with Crippen LogP contribution in [-0.4, -0.2) is 56.0 Å². The molecule has 2 rings (SSSR count). The monoisotopic (exact) mass is 242 g/mol. The van der Waals surface area contributed by atoms with Gasteiger partial charge in [0.15, 0.2) is 0 Å². The molecular weight excluding hydrogens is 220 g/mol. The summed E-state index contributed by atoms with van der Waals surface area (Å²) in [6.07, 6.45) is 2.96. The second kappa shape index (κ2) is 6.21. The minimum atomic E-state index is -0.171. The highest BCUT2D eigenvalue weighted by Crippen LogP contribution is 2.14. The number of carbonyl (C=O) groups excluding carboxylic acids is 1. The summed E-state index contributed by atoms with van der Waals surface area (Å²) in [7, 11) is 0. The Kier molecular flexibility index (Phi) is 4.62. The zero-order valence-electron chi connectivity index (χ0n) is 10.5. The van der Waals surface area contributed by atoms with Gasteiger partial charge in [-0.2, -0.15) is 0 Å². The first kappa shape index (κ1) is 12.6. The highest BCUT2D eigenvalue weighted by atomic mass is 16.6. The van der Waals surface area contributed by atoms with Crippen LogP contribution in [0.1, 0.15) is 26.2 Å². The maximum atomic E-state index is 11.5. The molecule has 0 aromatic carbocycles. The van der Waals surface area contributed by atoms with E-state index in [0.717, 1.165) is 45.6 Å². The van der Waals surface area contributed by atoms with E-state index in [1.54, 1.807) is 4.90 Å². The quantitative estimate of drug-likeness (QED) is 0.801. The third-order valence-electron chi connectivity index (χ3n) is 3.42. The lowest BCUT2D eigenvalue weighted by Crippen LogP contribution is -2.48. The molecule has 2 fully saturated rings. The predicted molar refractivity (Wildman–Crippen MR) is 64.0 cm³/mol. The molecule has 2 aliphatic rings. The van der Waals surface area contributed by atoms with Gasteiger partial charge >= 0.3 is 6.09 Å². The Labute approximate surface area is 102 Å². The lowest BCUT2D eigenvalue weighted by atomic mass is 10.0. The van der Waals surface area contributed by atoms with E-state index in [2.05, 4.69) is 5.32 Å². The molecule has 1 N–H and O–H groups in total. The molecule has 2 saturated heterocycles. The Hall–Kier alpha value is -0.810. The van der Waals surface area contributed by atoms with Gasteiger partial charge in [-0.1, -0.05) is 0 Å². The maximum absolute atomic E-state index is 11.5. The first-order chi connectivity index (χ1) is 8.29. The highest BCUT2D eigenvalue weighted by Gasteiger charge is 2.26. The largest absolute Gasteiger partial charge is 0.450 e. The van der Waals surface area contributed by atoms with Crippen molar-refractivity contribution < 1.29 is 14.3 Å². The summed E-state index contributed by atoms with van der Waals surface area (Å²) in [6, 6.07) is 1.03. The number of rotatable bonds is 3. The number of likely N-dealkylation sites (tertiary alicyclic amines) is 1. The molecule has 98 valence electrons. The smallest absolute Gasteiger partial charge is 0.409 e. The SMILES string of the molecule is CCOC(=O)N1CCC(NC2CCOC2)CC1. The minimum Gasteiger partial charge on any atom is -0.450 e. The van der Waals surface area contributed by atoms with Crippen molar-refractivity contribution in [1.29, 1.82) is 0 Å². The summed E-state index contributed by atoms with van der Waals surface area (Å²) in [5, 5.41) is 3.61. The first-order valence-electron chi connectivity index (χ1n) is 6.55. The second-order valence-corrected chi connectivity index (χ2v) is 4.69. The lowest BCUT2D eigenvalue weighted by molar-refractivity contribution is 0.0937. The molecular formula is C12H22N2O3. The minimum absolute atomic E-state index is 0.171. The first-order valence-corrected chi connectivity index (χ1v) is 6.55. The van der Waals surface area contributed by atoms with Gasteiger partial charge in [0.2, 0.25) is 0 Å². The van der Waals surface area contributed by atoms with E-state index in [9.17, 15) is 4.79 Å². The summed E-state index contributed by atoms with van der Waals surface area (Å²) >= 11 is 0. The molecule has 2 heterocycles. The lowest BCUT2D eigenvalue weighted by Gasteiger charge is -2.32. The fraction of sp³-hybridized carbons (Fsp3) is 0.917. The Bertz CT molecular complexity index is 246. The van der Waals surface area contributed by atoms with E-state index in [-0.39, 0.29) is 6.09 Å². The molecule has 0 aromatic rings. The van der Waals surface area contributed by atoms with Crippen molar-refractivity contribution in [2.24, 2.45) is 0 Å².